The molecule has 1 aromatic rings. The van der Waals surface area contributed by atoms with Crippen molar-refractivity contribution >= 4 is 5.91 Å². The zero-order valence-corrected chi connectivity index (χ0v) is 9.80. The van der Waals surface area contributed by atoms with Crippen LogP contribution in [-0.2, 0) is 4.79 Å². The maximum Gasteiger partial charge on any atom is 0.225 e. The third kappa shape index (κ3) is 2.97. The highest BCUT2D eigenvalue weighted by atomic mass is 16.5. The summed E-state index contributed by atoms with van der Waals surface area (Å²) in [6, 6.07) is 7.15. The highest BCUT2D eigenvalue weighted by Gasteiger charge is 2.17. The first-order valence-corrected chi connectivity index (χ1v) is 5.07. The van der Waals surface area contributed by atoms with Crippen molar-refractivity contribution in [2.24, 2.45) is 0 Å². The van der Waals surface area contributed by atoms with E-state index in [0.29, 0.717) is 11.3 Å². The van der Waals surface area contributed by atoms with E-state index < -0.39 is 6.10 Å². The molecule has 0 bridgehead atoms. The zero-order valence-electron chi connectivity index (χ0n) is 9.80. The van der Waals surface area contributed by atoms with Gasteiger partial charge < -0.3 is 14.7 Å². The Morgan fingerprint density at radius 3 is 2.62 bits per heavy atom. The van der Waals surface area contributed by atoms with Crippen LogP contribution in [0.3, 0.4) is 0 Å². The monoisotopic (exact) mass is 223 g/mol. The number of para-hydroxylation sites is 1. The lowest BCUT2D eigenvalue weighted by atomic mass is 10.1. The number of nitrogens with zero attached hydrogens (tertiary/aromatic N) is 1. The van der Waals surface area contributed by atoms with Gasteiger partial charge in [0.05, 0.1) is 19.6 Å². The fraction of sp³-hybridized carbons (Fsp3) is 0.417. The van der Waals surface area contributed by atoms with Gasteiger partial charge in [-0.1, -0.05) is 18.2 Å². The molecule has 0 aliphatic rings. The number of carbonyl (C=O) groups excluding carboxylic acids is 1. The van der Waals surface area contributed by atoms with Crippen molar-refractivity contribution in [1.29, 1.82) is 0 Å². The smallest absolute Gasteiger partial charge is 0.225 e. The first-order chi connectivity index (χ1) is 7.56. The highest BCUT2D eigenvalue weighted by molar-refractivity contribution is 5.76. The number of aliphatic hydroxyl groups is 1. The van der Waals surface area contributed by atoms with Crippen LogP contribution < -0.4 is 4.74 Å². The van der Waals surface area contributed by atoms with E-state index in [1.165, 1.54) is 4.90 Å². The Hall–Kier alpha value is -1.55. The summed E-state index contributed by atoms with van der Waals surface area (Å²) >= 11 is 0. The summed E-state index contributed by atoms with van der Waals surface area (Å²) in [6.07, 6.45) is -0.765. The first-order valence-electron chi connectivity index (χ1n) is 5.07. The van der Waals surface area contributed by atoms with Crippen LogP contribution in [0.2, 0.25) is 0 Å². The molecule has 1 rings (SSSR count). The van der Waals surface area contributed by atoms with E-state index in [4.69, 9.17) is 4.74 Å². The summed E-state index contributed by atoms with van der Waals surface area (Å²) in [5, 5.41) is 9.92. The van der Waals surface area contributed by atoms with Crippen LogP contribution >= 0.6 is 0 Å². The first kappa shape index (κ1) is 12.5. The Morgan fingerprint density at radius 2 is 2.06 bits per heavy atom. The molecule has 0 spiro atoms. The van der Waals surface area contributed by atoms with Crippen LogP contribution in [0.1, 0.15) is 18.1 Å². The quantitative estimate of drug-likeness (QED) is 0.834. The van der Waals surface area contributed by atoms with Crippen LogP contribution in [0.15, 0.2) is 24.3 Å². The summed E-state index contributed by atoms with van der Waals surface area (Å²) < 4.78 is 5.12. The number of hydrogen-bond donors (Lipinski definition) is 1. The Labute approximate surface area is 95.5 Å². The number of aliphatic hydroxyl groups excluding tert-OH is 1. The minimum Gasteiger partial charge on any atom is -0.496 e. The van der Waals surface area contributed by atoms with Gasteiger partial charge in [0, 0.05) is 19.7 Å². The number of rotatable bonds is 4. The topological polar surface area (TPSA) is 49.8 Å². The lowest BCUT2D eigenvalue weighted by Crippen LogP contribution is -2.23. The molecule has 0 fully saturated rings. The average Bonchev–Trinajstić information content (AvgIpc) is 2.28. The van der Waals surface area contributed by atoms with Crippen molar-refractivity contribution in [2.75, 3.05) is 21.2 Å². The maximum atomic E-state index is 11.5. The zero-order chi connectivity index (χ0) is 12.1. The van der Waals surface area contributed by atoms with Gasteiger partial charge in [0.2, 0.25) is 5.91 Å². The predicted octanol–water partition coefficient (Wildman–Crippen LogP) is 1.21. The van der Waals surface area contributed by atoms with Gasteiger partial charge in [0.1, 0.15) is 5.75 Å². The molecule has 1 atom stereocenters. The number of carbonyl (C=O) groups is 1. The van der Waals surface area contributed by atoms with Crippen molar-refractivity contribution in [2.45, 2.75) is 12.5 Å². The second kappa shape index (κ2) is 5.51. The van der Waals surface area contributed by atoms with Gasteiger partial charge in [-0.2, -0.15) is 0 Å². The van der Waals surface area contributed by atoms with E-state index in [-0.39, 0.29) is 12.3 Å². The summed E-state index contributed by atoms with van der Waals surface area (Å²) in [5.41, 5.74) is 0.639. The number of hydrogen-bond acceptors (Lipinski definition) is 3. The molecule has 0 heterocycles. The van der Waals surface area contributed by atoms with E-state index in [1.807, 2.05) is 6.07 Å². The molecule has 4 nitrogen and oxygen atoms in total. The van der Waals surface area contributed by atoms with E-state index in [9.17, 15) is 9.90 Å². The van der Waals surface area contributed by atoms with E-state index in [2.05, 4.69) is 0 Å². The van der Waals surface area contributed by atoms with Crippen LogP contribution in [0, 0.1) is 0 Å². The number of amides is 1. The van der Waals surface area contributed by atoms with Crippen LogP contribution in [0.25, 0.3) is 0 Å². The Morgan fingerprint density at radius 1 is 1.44 bits per heavy atom. The van der Waals surface area contributed by atoms with Crippen molar-refractivity contribution in [3.05, 3.63) is 29.8 Å². The Kier molecular flexibility index (Phi) is 4.31. The van der Waals surface area contributed by atoms with Crippen molar-refractivity contribution in [1.82, 2.24) is 4.90 Å². The van der Waals surface area contributed by atoms with Gasteiger partial charge in [0.25, 0.3) is 0 Å². The van der Waals surface area contributed by atoms with Gasteiger partial charge >= 0.3 is 0 Å². The molecule has 0 aromatic heterocycles. The normalized spacial score (nSPS) is 12.0. The van der Waals surface area contributed by atoms with E-state index in [1.54, 1.807) is 39.4 Å². The van der Waals surface area contributed by atoms with Gasteiger partial charge in [0.15, 0.2) is 0 Å². The molecule has 88 valence electrons. The molecule has 0 aliphatic carbocycles. The van der Waals surface area contributed by atoms with Crippen molar-refractivity contribution in [3.8, 4) is 5.75 Å². The molecule has 1 unspecified atom stereocenters. The largest absolute Gasteiger partial charge is 0.496 e. The minimum absolute atomic E-state index is 0.0629. The molecule has 4 heteroatoms. The van der Waals surface area contributed by atoms with Gasteiger partial charge in [-0.25, -0.2) is 0 Å². The SMILES string of the molecule is COc1ccccc1C(O)CC(=O)N(C)C. The molecule has 16 heavy (non-hydrogen) atoms. The summed E-state index contributed by atoms with van der Waals surface area (Å²) in [4.78, 5) is 12.9. The summed E-state index contributed by atoms with van der Waals surface area (Å²) in [7, 11) is 4.87. The lowest BCUT2D eigenvalue weighted by Gasteiger charge is -2.16. The molecule has 0 aliphatic heterocycles. The van der Waals surface area contributed by atoms with Crippen molar-refractivity contribution < 1.29 is 14.6 Å². The van der Waals surface area contributed by atoms with E-state index in [0.717, 1.165) is 0 Å². The fourth-order valence-electron chi connectivity index (χ4n) is 1.40. The molecular weight excluding hydrogens is 206 g/mol. The summed E-state index contributed by atoms with van der Waals surface area (Å²) in [5.74, 6) is 0.486. The molecule has 0 saturated carbocycles. The molecular formula is C12H17NO3. The minimum atomic E-state index is -0.828. The molecule has 1 aromatic carbocycles. The van der Waals surface area contributed by atoms with Gasteiger partial charge in [-0.3, -0.25) is 4.79 Å². The third-order valence-corrected chi connectivity index (χ3v) is 2.36. The predicted molar refractivity (Wildman–Crippen MR) is 61.3 cm³/mol. The van der Waals surface area contributed by atoms with Gasteiger partial charge in [-0.15, -0.1) is 0 Å². The van der Waals surface area contributed by atoms with Crippen LogP contribution in [0.5, 0.6) is 5.75 Å². The van der Waals surface area contributed by atoms with Crippen LogP contribution in [-0.4, -0.2) is 37.1 Å². The van der Waals surface area contributed by atoms with E-state index >= 15 is 0 Å². The standard InChI is InChI=1S/C12H17NO3/c1-13(2)12(15)8-10(14)9-6-4-5-7-11(9)16-3/h4-7,10,14H,8H2,1-3H3. The number of ether oxygens (including phenoxy) is 1. The van der Waals surface area contributed by atoms with Crippen LogP contribution in [0.4, 0.5) is 0 Å². The number of methoxy groups -OCH3 is 1. The molecule has 1 amide bonds. The molecule has 1 N–H and O–H groups in total. The summed E-state index contributed by atoms with van der Waals surface area (Å²) in [6.45, 7) is 0. The fourth-order valence-corrected chi connectivity index (χ4v) is 1.40. The second-order valence-electron chi connectivity index (χ2n) is 3.75. The van der Waals surface area contributed by atoms with Gasteiger partial charge in [-0.05, 0) is 6.07 Å². The highest BCUT2D eigenvalue weighted by Crippen LogP contribution is 2.26. The average molecular weight is 223 g/mol. The van der Waals surface area contributed by atoms with Crippen molar-refractivity contribution in [3.63, 3.8) is 0 Å². The second-order valence-corrected chi connectivity index (χ2v) is 3.75. The Bertz CT molecular complexity index is 363. The molecule has 0 radical (unpaired) electrons. The maximum absolute atomic E-state index is 11.5. The number of benzene rings is 1. The lowest BCUT2D eigenvalue weighted by molar-refractivity contribution is -0.130. The Balaban J connectivity index is 2.80. The third-order valence-electron chi connectivity index (χ3n) is 2.36. The molecule has 0 saturated heterocycles.